The van der Waals surface area contributed by atoms with E-state index in [0.717, 1.165) is 5.56 Å². The second kappa shape index (κ2) is 7.09. The quantitative estimate of drug-likeness (QED) is 0.868. The first-order valence-corrected chi connectivity index (χ1v) is 9.80. The van der Waals surface area contributed by atoms with E-state index in [1.54, 1.807) is 37.4 Å². The second-order valence-corrected chi connectivity index (χ2v) is 8.09. The first-order chi connectivity index (χ1) is 12.3. The molecule has 2 aromatic carbocycles. The maximum atomic E-state index is 12.4. The summed E-state index contributed by atoms with van der Waals surface area (Å²) in [5.74, 6) is 0.0364. The van der Waals surface area contributed by atoms with E-state index >= 15 is 0 Å². The van der Waals surface area contributed by atoms with Gasteiger partial charge in [-0.15, -0.1) is 4.40 Å². The van der Waals surface area contributed by atoms with Gasteiger partial charge in [0.25, 0.3) is 10.0 Å². The number of hydrogen-bond acceptors (Lipinski definition) is 4. The molecule has 0 aliphatic carbocycles. The predicted molar refractivity (Wildman–Crippen MR) is 101 cm³/mol. The highest BCUT2D eigenvalue weighted by molar-refractivity contribution is 7.90. The van der Waals surface area contributed by atoms with Gasteiger partial charge in [-0.2, -0.15) is 8.42 Å². The van der Waals surface area contributed by atoms with Crippen molar-refractivity contribution in [2.75, 3.05) is 13.6 Å². The van der Waals surface area contributed by atoms with Gasteiger partial charge in [-0.05, 0) is 36.8 Å². The Morgan fingerprint density at radius 1 is 1.19 bits per heavy atom. The number of fused-ring (bicyclic) bond motifs is 1. The molecule has 0 saturated carbocycles. The van der Waals surface area contributed by atoms with E-state index in [9.17, 15) is 13.2 Å². The van der Waals surface area contributed by atoms with Crippen LogP contribution in [0.25, 0.3) is 0 Å². The predicted octanol–water partition coefficient (Wildman–Crippen LogP) is 2.60. The van der Waals surface area contributed by atoms with Crippen molar-refractivity contribution in [1.82, 2.24) is 10.2 Å². The van der Waals surface area contributed by atoms with Crippen molar-refractivity contribution in [3.05, 3.63) is 64.7 Å². The fourth-order valence-corrected chi connectivity index (χ4v) is 4.15. The molecule has 6 nitrogen and oxygen atoms in total. The van der Waals surface area contributed by atoms with Gasteiger partial charge < -0.3 is 10.2 Å². The molecule has 1 heterocycles. The number of likely N-dealkylation sites (N-methyl/N-ethyl adjacent to an activating group) is 1. The van der Waals surface area contributed by atoms with Gasteiger partial charge in [0.15, 0.2) is 5.84 Å². The standard InChI is InChI=1S/C18H18ClN3O3S/c1-12(13-7-9-14(19)10-8-13)20-17(23)11-22(2)18-15-5-3-4-6-16(15)26(24,25)21-18/h3-10,12H,11H2,1-2H3,(H,20,23). The minimum absolute atomic E-state index is 0.0133. The molecule has 1 amide bonds. The minimum atomic E-state index is -3.70. The highest BCUT2D eigenvalue weighted by Gasteiger charge is 2.31. The Morgan fingerprint density at radius 2 is 1.85 bits per heavy atom. The molecule has 0 radical (unpaired) electrons. The third-order valence-electron chi connectivity index (χ3n) is 4.10. The maximum absolute atomic E-state index is 12.4. The Hall–Kier alpha value is -2.38. The van der Waals surface area contributed by atoms with Crippen molar-refractivity contribution in [2.45, 2.75) is 17.9 Å². The molecule has 1 atom stereocenters. The van der Waals surface area contributed by atoms with Crippen molar-refractivity contribution in [1.29, 1.82) is 0 Å². The molecule has 0 aromatic heterocycles. The van der Waals surface area contributed by atoms with Crippen molar-refractivity contribution in [3.63, 3.8) is 0 Å². The molecule has 0 spiro atoms. The molecule has 1 N–H and O–H groups in total. The minimum Gasteiger partial charge on any atom is -0.349 e. The lowest BCUT2D eigenvalue weighted by Crippen LogP contribution is -2.39. The van der Waals surface area contributed by atoms with Crippen LogP contribution in [0.4, 0.5) is 0 Å². The number of benzene rings is 2. The first-order valence-electron chi connectivity index (χ1n) is 7.98. The fraction of sp³-hybridized carbons (Fsp3) is 0.222. The molecular weight excluding hydrogens is 374 g/mol. The number of sulfonamides is 1. The molecule has 3 rings (SSSR count). The maximum Gasteiger partial charge on any atom is 0.285 e. The average Bonchev–Trinajstić information content (AvgIpc) is 2.87. The molecule has 1 unspecified atom stereocenters. The molecule has 1 aliphatic heterocycles. The zero-order valence-corrected chi connectivity index (χ0v) is 15.9. The topological polar surface area (TPSA) is 78.8 Å². The summed E-state index contributed by atoms with van der Waals surface area (Å²) in [7, 11) is -2.06. The van der Waals surface area contributed by atoms with Crippen molar-refractivity contribution in [3.8, 4) is 0 Å². The summed E-state index contributed by atoms with van der Waals surface area (Å²) in [4.78, 5) is 14.0. The SMILES string of the molecule is CC(NC(=O)CN(C)C1=NS(=O)(=O)c2ccccc21)c1ccc(Cl)cc1. The number of halogens is 1. The van der Waals surface area contributed by atoms with Gasteiger partial charge in [0, 0.05) is 17.6 Å². The van der Waals surface area contributed by atoms with Gasteiger partial charge in [-0.3, -0.25) is 4.79 Å². The van der Waals surface area contributed by atoms with Gasteiger partial charge in [-0.25, -0.2) is 0 Å². The molecule has 0 bridgehead atoms. The van der Waals surface area contributed by atoms with Crippen molar-refractivity contribution < 1.29 is 13.2 Å². The van der Waals surface area contributed by atoms with Gasteiger partial charge in [0.05, 0.1) is 12.6 Å². The third-order valence-corrected chi connectivity index (χ3v) is 5.68. The van der Waals surface area contributed by atoms with Gasteiger partial charge in [0.1, 0.15) is 4.90 Å². The van der Waals surface area contributed by atoms with Crippen molar-refractivity contribution >= 4 is 33.4 Å². The van der Waals surface area contributed by atoms with Gasteiger partial charge >= 0.3 is 0 Å². The van der Waals surface area contributed by atoms with Crippen LogP contribution in [0.2, 0.25) is 5.02 Å². The van der Waals surface area contributed by atoms with Crippen LogP contribution in [0, 0.1) is 0 Å². The van der Waals surface area contributed by atoms with E-state index in [4.69, 9.17) is 11.6 Å². The number of nitrogens with zero attached hydrogens (tertiary/aromatic N) is 2. The summed E-state index contributed by atoms with van der Waals surface area (Å²) < 4.78 is 28.0. The summed E-state index contributed by atoms with van der Waals surface area (Å²) in [6, 6.07) is 13.6. The van der Waals surface area contributed by atoms with Crippen LogP contribution in [-0.4, -0.2) is 38.7 Å². The third kappa shape index (κ3) is 3.73. The summed E-state index contributed by atoms with van der Waals surface area (Å²) in [5, 5.41) is 3.52. The van der Waals surface area contributed by atoms with Crippen LogP contribution in [0.3, 0.4) is 0 Å². The molecular formula is C18H18ClN3O3S. The Morgan fingerprint density at radius 3 is 2.54 bits per heavy atom. The number of carbonyl (C=O) groups excluding carboxylic acids is 1. The van der Waals surface area contributed by atoms with E-state index in [1.807, 2.05) is 19.1 Å². The lowest BCUT2D eigenvalue weighted by molar-refractivity contribution is -0.121. The monoisotopic (exact) mass is 391 g/mol. The number of amidine groups is 1. The van der Waals surface area contributed by atoms with E-state index in [2.05, 4.69) is 9.71 Å². The van der Waals surface area contributed by atoms with Gasteiger partial charge in [0.2, 0.25) is 5.91 Å². The smallest absolute Gasteiger partial charge is 0.285 e. The summed E-state index contributed by atoms with van der Waals surface area (Å²) >= 11 is 5.87. The zero-order chi connectivity index (χ0) is 18.9. The van der Waals surface area contributed by atoms with E-state index < -0.39 is 10.0 Å². The molecule has 136 valence electrons. The molecule has 0 fully saturated rings. The highest BCUT2D eigenvalue weighted by Crippen LogP contribution is 2.26. The van der Waals surface area contributed by atoms with Crippen LogP contribution in [0.5, 0.6) is 0 Å². The molecule has 8 heteroatoms. The van der Waals surface area contributed by atoms with E-state index in [1.165, 1.54) is 11.0 Å². The van der Waals surface area contributed by atoms with E-state index in [-0.39, 0.29) is 29.2 Å². The van der Waals surface area contributed by atoms with Crippen LogP contribution >= 0.6 is 11.6 Å². The highest BCUT2D eigenvalue weighted by atomic mass is 35.5. The zero-order valence-electron chi connectivity index (χ0n) is 14.3. The fourth-order valence-electron chi connectivity index (χ4n) is 2.78. The van der Waals surface area contributed by atoms with Gasteiger partial charge in [-0.1, -0.05) is 35.9 Å². The molecule has 26 heavy (non-hydrogen) atoms. The van der Waals surface area contributed by atoms with Crippen LogP contribution in [0.15, 0.2) is 57.8 Å². The largest absolute Gasteiger partial charge is 0.349 e. The number of nitrogens with one attached hydrogen (secondary N) is 1. The Balaban J connectivity index is 1.69. The lowest BCUT2D eigenvalue weighted by Gasteiger charge is -2.20. The first kappa shape index (κ1) is 18.4. The number of hydrogen-bond donors (Lipinski definition) is 1. The number of carbonyl (C=O) groups is 1. The lowest BCUT2D eigenvalue weighted by atomic mass is 10.1. The van der Waals surface area contributed by atoms with Crippen LogP contribution in [0.1, 0.15) is 24.1 Å². The second-order valence-electron chi connectivity index (χ2n) is 6.08. The van der Waals surface area contributed by atoms with Crippen molar-refractivity contribution in [2.24, 2.45) is 4.40 Å². The van der Waals surface area contributed by atoms with Crippen LogP contribution < -0.4 is 5.32 Å². The summed E-state index contributed by atoms with van der Waals surface area (Å²) in [6.07, 6.45) is 0. The Kier molecular flexibility index (Phi) is 5.02. The Labute approximate surface area is 157 Å². The average molecular weight is 392 g/mol. The molecule has 1 aliphatic rings. The summed E-state index contributed by atoms with van der Waals surface area (Å²) in [5.41, 5.74) is 1.44. The van der Waals surface area contributed by atoms with Crippen LogP contribution in [-0.2, 0) is 14.8 Å². The van der Waals surface area contributed by atoms with E-state index in [0.29, 0.717) is 10.6 Å². The molecule has 0 saturated heterocycles. The normalized spacial score (nSPS) is 15.7. The Bertz CT molecular complexity index is 971. The molecule has 2 aromatic rings. The number of amides is 1. The number of rotatable bonds is 4. The summed E-state index contributed by atoms with van der Waals surface area (Å²) in [6.45, 7) is 1.86.